The highest BCUT2D eigenvalue weighted by Crippen LogP contribution is 2.33. The maximum absolute atomic E-state index is 12.0. The number of nitrogens with one attached hydrogen (secondary N) is 3. The Hall–Kier alpha value is -3.96. The highest BCUT2D eigenvalue weighted by Gasteiger charge is 2.26. The predicted molar refractivity (Wildman–Crippen MR) is 146 cm³/mol. The zero-order valence-corrected chi connectivity index (χ0v) is 22.7. The minimum Gasteiger partial charge on any atom is -0.480 e. The zero-order chi connectivity index (χ0) is 27.9. The highest BCUT2D eigenvalue weighted by molar-refractivity contribution is 5.81. The molecule has 4 N–H and O–H groups in total. The molecule has 2 aliphatic rings. The normalized spacial score (nSPS) is 16.0. The van der Waals surface area contributed by atoms with E-state index in [9.17, 15) is 19.5 Å². The number of aliphatic carboxylic acids is 1. The molecule has 0 unspecified atom stereocenters. The van der Waals surface area contributed by atoms with Crippen molar-refractivity contribution in [3.05, 3.63) is 34.8 Å². The number of Topliss-reactive ketones (excluding diaryl/α,β-unsaturated/α-hetero) is 1. The van der Waals surface area contributed by atoms with Crippen LogP contribution in [0.15, 0.2) is 12.1 Å². The lowest BCUT2D eigenvalue weighted by Crippen LogP contribution is -2.45. The summed E-state index contributed by atoms with van der Waals surface area (Å²) in [5, 5.41) is 18.4. The van der Waals surface area contributed by atoms with Gasteiger partial charge in [0, 0.05) is 49.8 Å². The van der Waals surface area contributed by atoms with E-state index in [-0.39, 0.29) is 25.4 Å². The van der Waals surface area contributed by atoms with Gasteiger partial charge in [0.1, 0.15) is 41.7 Å². The Balaban J connectivity index is 1.37. The summed E-state index contributed by atoms with van der Waals surface area (Å²) in [4.78, 5) is 51.0. The summed E-state index contributed by atoms with van der Waals surface area (Å²) in [5.74, 6) is 1.95. The average Bonchev–Trinajstić information content (AvgIpc) is 2.92. The molecule has 1 saturated heterocycles. The average molecular weight is 540 g/mol. The van der Waals surface area contributed by atoms with Crippen LogP contribution >= 0.6 is 0 Å². The molecule has 4 rings (SSSR count). The molecule has 1 atom stereocenters. The summed E-state index contributed by atoms with van der Waals surface area (Å²) in [6.45, 7) is 7.48. The Labute approximate surface area is 228 Å². The van der Waals surface area contributed by atoms with Gasteiger partial charge in [-0.15, -0.1) is 0 Å². The number of ketones is 1. The Kier molecular flexibility index (Phi) is 9.15. The van der Waals surface area contributed by atoms with Crippen molar-refractivity contribution in [1.82, 2.24) is 20.3 Å². The first-order valence-electron chi connectivity index (χ1n) is 13.4. The molecule has 39 heavy (non-hydrogen) atoms. The van der Waals surface area contributed by atoms with Gasteiger partial charge in [0.25, 0.3) is 0 Å². The fourth-order valence-corrected chi connectivity index (χ4v) is 4.92. The molecule has 210 valence electrons. The van der Waals surface area contributed by atoms with Crippen LogP contribution in [0.25, 0.3) is 0 Å². The summed E-state index contributed by atoms with van der Waals surface area (Å²) >= 11 is 0. The third kappa shape index (κ3) is 7.33. The van der Waals surface area contributed by atoms with Gasteiger partial charge in [-0.25, -0.2) is 24.5 Å². The van der Waals surface area contributed by atoms with Crippen molar-refractivity contribution in [2.45, 2.75) is 64.8 Å². The van der Waals surface area contributed by atoms with Crippen LogP contribution in [0.5, 0.6) is 0 Å². The molecule has 0 aliphatic carbocycles. The second-order valence-electron chi connectivity index (χ2n) is 10.1. The van der Waals surface area contributed by atoms with Crippen molar-refractivity contribution in [3.8, 4) is 0 Å². The molecule has 1 amide bonds. The van der Waals surface area contributed by atoms with Gasteiger partial charge in [-0.2, -0.15) is 0 Å². The number of carboxylic acid groups (broad SMARTS) is 1. The number of fused-ring (bicyclic) bond motifs is 1. The minimum atomic E-state index is -1.25. The number of ether oxygens (including phenoxy) is 1. The van der Waals surface area contributed by atoms with Gasteiger partial charge in [-0.3, -0.25) is 4.79 Å². The molecular weight excluding hydrogens is 502 g/mol. The molecule has 2 aromatic rings. The lowest BCUT2D eigenvalue weighted by Gasteiger charge is -2.34. The van der Waals surface area contributed by atoms with Crippen LogP contribution in [0.3, 0.4) is 0 Å². The number of anilines is 3. The van der Waals surface area contributed by atoms with E-state index in [2.05, 4.69) is 43.0 Å². The van der Waals surface area contributed by atoms with Crippen molar-refractivity contribution in [1.29, 1.82) is 0 Å². The van der Waals surface area contributed by atoms with E-state index in [0.717, 1.165) is 68.2 Å². The number of carbonyl (C=O) groups is 3. The van der Waals surface area contributed by atoms with Gasteiger partial charge in [-0.1, -0.05) is 6.07 Å². The molecule has 0 aromatic carbocycles. The Morgan fingerprint density at radius 2 is 1.95 bits per heavy atom. The van der Waals surface area contributed by atoms with E-state index in [0.29, 0.717) is 17.6 Å². The second kappa shape index (κ2) is 12.7. The number of aryl methyl sites for hydroxylation is 2. The molecule has 2 aromatic heterocycles. The Bertz CT molecular complexity index is 1210. The van der Waals surface area contributed by atoms with Gasteiger partial charge in [0.2, 0.25) is 0 Å². The van der Waals surface area contributed by atoms with Crippen LogP contribution < -0.4 is 20.9 Å². The van der Waals surface area contributed by atoms with Crippen LogP contribution in [0.1, 0.15) is 61.2 Å². The van der Waals surface area contributed by atoms with Crippen molar-refractivity contribution in [2.24, 2.45) is 0 Å². The van der Waals surface area contributed by atoms with Crippen LogP contribution in [0, 0.1) is 13.8 Å². The maximum Gasteiger partial charge on any atom is 0.407 e. The SMILES string of the molecule is CC(=O)CCOC(=O)N[C@@H](CNc1nc(C)nc(N2CCC(c3ccc4c(n3)NCCC4)CC2)c1C)C(=O)O. The van der Waals surface area contributed by atoms with E-state index in [1.54, 1.807) is 6.92 Å². The third-order valence-electron chi connectivity index (χ3n) is 7.11. The number of rotatable bonds is 10. The second-order valence-corrected chi connectivity index (χ2v) is 10.1. The zero-order valence-electron chi connectivity index (χ0n) is 22.7. The molecule has 1 fully saturated rings. The van der Waals surface area contributed by atoms with Gasteiger partial charge in [-0.05, 0) is 58.1 Å². The summed E-state index contributed by atoms with van der Waals surface area (Å²) in [7, 11) is 0. The van der Waals surface area contributed by atoms with Crippen LogP contribution in [0.4, 0.5) is 22.2 Å². The highest BCUT2D eigenvalue weighted by atomic mass is 16.5. The first-order chi connectivity index (χ1) is 18.7. The summed E-state index contributed by atoms with van der Waals surface area (Å²) in [6, 6.07) is 3.12. The molecule has 0 spiro atoms. The fraction of sp³-hybridized carbons (Fsp3) is 0.556. The number of pyridine rings is 1. The largest absolute Gasteiger partial charge is 0.480 e. The number of nitrogens with zero attached hydrogens (tertiary/aromatic N) is 4. The number of alkyl carbamates (subject to hydrolysis) is 1. The maximum atomic E-state index is 12.0. The van der Waals surface area contributed by atoms with Gasteiger partial charge >= 0.3 is 12.1 Å². The number of hydrogen-bond acceptors (Lipinski definition) is 10. The van der Waals surface area contributed by atoms with E-state index < -0.39 is 18.1 Å². The molecule has 0 saturated carbocycles. The third-order valence-corrected chi connectivity index (χ3v) is 7.11. The van der Waals surface area contributed by atoms with Gasteiger partial charge in [0.15, 0.2) is 0 Å². The smallest absolute Gasteiger partial charge is 0.407 e. The van der Waals surface area contributed by atoms with Crippen molar-refractivity contribution >= 4 is 35.3 Å². The number of amides is 1. The van der Waals surface area contributed by atoms with E-state index in [4.69, 9.17) is 9.72 Å². The predicted octanol–water partition coefficient (Wildman–Crippen LogP) is 2.80. The topological polar surface area (TPSA) is 159 Å². The molecule has 12 nitrogen and oxygen atoms in total. The number of piperidine rings is 1. The monoisotopic (exact) mass is 539 g/mol. The molecule has 4 heterocycles. The van der Waals surface area contributed by atoms with E-state index >= 15 is 0 Å². The Morgan fingerprint density at radius 3 is 2.67 bits per heavy atom. The number of carboxylic acids is 1. The van der Waals surface area contributed by atoms with Crippen molar-refractivity contribution < 1.29 is 24.2 Å². The van der Waals surface area contributed by atoms with Gasteiger partial charge in [0.05, 0.1) is 0 Å². The molecule has 0 radical (unpaired) electrons. The van der Waals surface area contributed by atoms with Crippen LogP contribution in [-0.2, 0) is 20.7 Å². The lowest BCUT2D eigenvalue weighted by atomic mass is 9.92. The van der Waals surface area contributed by atoms with Crippen LogP contribution in [0.2, 0.25) is 0 Å². The van der Waals surface area contributed by atoms with E-state index in [1.165, 1.54) is 12.5 Å². The standard InChI is InChI=1S/C27H37N7O5/c1-16(35)10-14-39-27(38)33-22(26(36)37)15-29-23-17(2)25(31-18(3)30-23)34-12-8-19(9-13-34)21-7-6-20-5-4-11-28-24(20)32-21/h6-7,19,22H,4-5,8-15H2,1-3H3,(H,28,32)(H,33,38)(H,36,37)(H,29,30,31)/t22-/m0/s1. The quantitative estimate of drug-likeness (QED) is 0.352. The first-order valence-corrected chi connectivity index (χ1v) is 13.4. The summed E-state index contributed by atoms with van der Waals surface area (Å²) in [6.07, 6.45) is 3.30. The molecule has 2 aliphatic heterocycles. The minimum absolute atomic E-state index is 0.0733. The summed E-state index contributed by atoms with van der Waals surface area (Å²) in [5.41, 5.74) is 3.23. The molecule has 12 heteroatoms. The molecule has 0 bridgehead atoms. The number of hydrogen-bond donors (Lipinski definition) is 4. The van der Waals surface area contributed by atoms with E-state index in [1.807, 2.05) is 6.92 Å². The number of aromatic nitrogens is 3. The fourth-order valence-electron chi connectivity index (χ4n) is 4.92. The number of carbonyl (C=O) groups excluding carboxylic acids is 2. The Morgan fingerprint density at radius 1 is 1.18 bits per heavy atom. The van der Waals surface area contributed by atoms with Crippen molar-refractivity contribution in [2.75, 3.05) is 48.3 Å². The summed E-state index contributed by atoms with van der Waals surface area (Å²) < 4.78 is 4.89. The van der Waals surface area contributed by atoms with Gasteiger partial charge < -0.3 is 30.7 Å². The van der Waals surface area contributed by atoms with Crippen LogP contribution in [-0.4, -0.2) is 76.7 Å². The van der Waals surface area contributed by atoms with Crippen molar-refractivity contribution in [3.63, 3.8) is 0 Å². The lowest BCUT2D eigenvalue weighted by molar-refractivity contribution is -0.139. The molecular formula is C27H37N7O5. The first kappa shape index (κ1) is 28.1.